The van der Waals surface area contributed by atoms with Crippen molar-refractivity contribution in [1.29, 1.82) is 0 Å². The number of hydrogen-bond donors (Lipinski definition) is 1. The predicted octanol–water partition coefficient (Wildman–Crippen LogP) is 5.36. The monoisotopic (exact) mass is 574 g/mol. The van der Waals surface area contributed by atoms with E-state index in [1.807, 2.05) is 19.1 Å². The molecule has 3 aromatic rings. The van der Waals surface area contributed by atoms with Gasteiger partial charge in [-0.3, -0.25) is 4.79 Å². The summed E-state index contributed by atoms with van der Waals surface area (Å²) in [6.45, 7) is 2.23. The smallest absolute Gasteiger partial charge is 0.343 e. The van der Waals surface area contributed by atoms with E-state index in [0.29, 0.717) is 35.0 Å². The highest BCUT2D eigenvalue weighted by Crippen LogP contribution is 2.23. The number of amides is 1. The third-order valence-electron chi connectivity index (χ3n) is 4.15. The first-order valence-corrected chi connectivity index (χ1v) is 11.5. The topological polar surface area (TPSA) is 86.2 Å². The van der Waals surface area contributed by atoms with Gasteiger partial charge in [-0.15, -0.1) is 0 Å². The molecule has 33 heavy (non-hydrogen) atoms. The first kappa shape index (κ1) is 24.5. The molecular formula is C24H20Br2N2O5. The van der Waals surface area contributed by atoms with Crippen LogP contribution in [0.15, 0.2) is 80.8 Å². The quantitative estimate of drug-likeness (QED) is 0.161. The van der Waals surface area contributed by atoms with E-state index in [2.05, 4.69) is 42.4 Å². The molecule has 9 heteroatoms. The zero-order valence-electron chi connectivity index (χ0n) is 17.6. The molecule has 0 heterocycles. The summed E-state index contributed by atoms with van der Waals surface area (Å²) in [5.74, 6) is 0.568. The van der Waals surface area contributed by atoms with Crippen molar-refractivity contribution in [3.05, 3.63) is 86.8 Å². The third-order valence-corrected chi connectivity index (χ3v) is 5.17. The largest absolute Gasteiger partial charge is 0.494 e. The van der Waals surface area contributed by atoms with Gasteiger partial charge in [-0.25, -0.2) is 10.2 Å². The summed E-state index contributed by atoms with van der Waals surface area (Å²) < 4.78 is 18.0. The lowest BCUT2D eigenvalue weighted by molar-refractivity contribution is -0.123. The van der Waals surface area contributed by atoms with Gasteiger partial charge < -0.3 is 14.2 Å². The van der Waals surface area contributed by atoms with E-state index in [1.165, 1.54) is 6.21 Å². The molecule has 0 radical (unpaired) electrons. The fraction of sp³-hybridized carbons (Fsp3) is 0.125. The Morgan fingerprint density at radius 1 is 0.909 bits per heavy atom. The van der Waals surface area contributed by atoms with Crippen LogP contribution in [0.25, 0.3) is 0 Å². The highest BCUT2D eigenvalue weighted by atomic mass is 79.9. The minimum Gasteiger partial charge on any atom is -0.494 e. The highest BCUT2D eigenvalue weighted by Gasteiger charge is 2.12. The number of carbonyl (C=O) groups excluding carboxylic acids is 2. The lowest BCUT2D eigenvalue weighted by atomic mass is 10.2. The molecule has 0 fully saturated rings. The van der Waals surface area contributed by atoms with Crippen LogP contribution in [0, 0.1) is 0 Å². The van der Waals surface area contributed by atoms with Gasteiger partial charge in [-0.2, -0.15) is 5.10 Å². The van der Waals surface area contributed by atoms with Crippen LogP contribution in [0.5, 0.6) is 17.2 Å². The molecule has 0 aromatic heterocycles. The van der Waals surface area contributed by atoms with Crippen molar-refractivity contribution < 1.29 is 23.8 Å². The molecule has 1 amide bonds. The van der Waals surface area contributed by atoms with Crippen LogP contribution in [-0.4, -0.2) is 31.3 Å². The number of esters is 1. The Kier molecular flexibility index (Phi) is 9.03. The van der Waals surface area contributed by atoms with Crippen LogP contribution in [0.2, 0.25) is 0 Å². The summed E-state index contributed by atoms with van der Waals surface area (Å²) in [5, 5.41) is 3.94. The van der Waals surface area contributed by atoms with Gasteiger partial charge >= 0.3 is 5.97 Å². The molecule has 3 aromatic carbocycles. The number of nitrogens with one attached hydrogen (secondary N) is 1. The van der Waals surface area contributed by atoms with Gasteiger partial charge in [-0.05, 0) is 73.7 Å². The maximum atomic E-state index is 12.5. The van der Waals surface area contributed by atoms with E-state index < -0.39 is 11.9 Å². The Morgan fingerprint density at radius 3 is 2.24 bits per heavy atom. The summed E-state index contributed by atoms with van der Waals surface area (Å²) in [6.07, 6.45) is 1.39. The number of carbonyl (C=O) groups is 2. The Labute approximate surface area is 208 Å². The van der Waals surface area contributed by atoms with E-state index in [4.69, 9.17) is 14.2 Å². The number of benzene rings is 3. The zero-order valence-corrected chi connectivity index (χ0v) is 20.8. The summed E-state index contributed by atoms with van der Waals surface area (Å²) >= 11 is 6.72. The standard InChI is InChI=1S/C24H20Br2N2O5/c1-2-31-20-8-3-16(4-9-20)24(30)33-22-12-7-19(26)13-17(22)14-27-28-23(29)15-32-21-10-5-18(25)6-11-21/h3-14H,2,15H2,1H3,(H,28,29). The van der Waals surface area contributed by atoms with E-state index >= 15 is 0 Å². The Bertz CT molecular complexity index is 1130. The van der Waals surface area contributed by atoms with Crippen molar-refractivity contribution in [1.82, 2.24) is 5.43 Å². The minimum absolute atomic E-state index is 0.197. The number of hydrogen-bond acceptors (Lipinski definition) is 6. The maximum absolute atomic E-state index is 12.5. The first-order chi connectivity index (χ1) is 15.9. The van der Waals surface area contributed by atoms with Crippen molar-refractivity contribution in [2.24, 2.45) is 5.10 Å². The number of ether oxygens (including phenoxy) is 3. The second kappa shape index (κ2) is 12.2. The molecule has 170 valence electrons. The number of hydrazone groups is 1. The molecule has 0 atom stereocenters. The van der Waals surface area contributed by atoms with Crippen LogP contribution in [-0.2, 0) is 4.79 Å². The molecule has 0 saturated carbocycles. The molecule has 0 aliphatic heterocycles. The predicted molar refractivity (Wildman–Crippen MR) is 132 cm³/mol. The van der Waals surface area contributed by atoms with E-state index in [1.54, 1.807) is 54.6 Å². The summed E-state index contributed by atoms with van der Waals surface area (Å²) in [4.78, 5) is 24.5. The van der Waals surface area contributed by atoms with Crippen molar-refractivity contribution in [2.45, 2.75) is 6.92 Å². The Balaban J connectivity index is 1.60. The average Bonchev–Trinajstić information content (AvgIpc) is 2.81. The van der Waals surface area contributed by atoms with Gasteiger partial charge in [0, 0.05) is 14.5 Å². The highest BCUT2D eigenvalue weighted by molar-refractivity contribution is 9.10. The van der Waals surface area contributed by atoms with Gasteiger partial charge in [0.2, 0.25) is 0 Å². The number of rotatable bonds is 9. The summed E-state index contributed by atoms with van der Waals surface area (Å²) in [5.41, 5.74) is 3.26. The van der Waals surface area contributed by atoms with Crippen molar-refractivity contribution in [2.75, 3.05) is 13.2 Å². The molecule has 0 saturated heterocycles. The fourth-order valence-electron chi connectivity index (χ4n) is 2.61. The lowest BCUT2D eigenvalue weighted by Crippen LogP contribution is -2.24. The number of halogens is 2. The molecule has 0 unspecified atom stereocenters. The van der Waals surface area contributed by atoms with E-state index in [0.717, 1.165) is 8.95 Å². The van der Waals surface area contributed by atoms with E-state index in [9.17, 15) is 9.59 Å². The van der Waals surface area contributed by atoms with Gasteiger partial charge in [0.25, 0.3) is 5.91 Å². The Hall–Kier alpha value is -3.17. The molecule has 3 rings (SSSR count). The van der Waals surface area contributed by atoms with Crippen LogP contribution in [0.3, 0.4) is 0 Å². The third kappa shape index (κ3) is 7.73. The second-order valence-corrected chi connectivity index (χ2v) is 8.40. The molecule has 0 spiro atoms. The van der Waals surface area contributed by atoms with E-state index in [-0.39, 0.29) is 6.61 Å². The van der Waals surface area contributed by atoms with Crippen molar-refractivity contribution in [3.8, 4) is 17.2 Å². The SMILES string of the molecule is CCOc1ccc(C(=O)Oc2ccc(Br)cc2C=NNC(=O)COc2ccc(Br)cc2)cc1. The van der Waals surface area contributed by atoms with Gasteiger partial charge in [0.1, 0.15) is 17.2 Å². The second-order valence-electron chi connectivity index (χ2n) is 6.56. The van der Waals surface area contributed by atoms with Gasteiger partial charge in [0.05, 0.1) is 18.4 Å². The maximum Gasteiger partial charge on any atom is 0.343 e. The zero-order chi connectivity index (χ0) is 23.6. The van der Waals surface area contributed by atoms with Crippen LogP contribution in [0.4, 0.5) is 0 Å². The minimum atomic E-state index is -0.526. The van der Waals surface area contributed by atoms with Gasteiger partial charge in [-0.1, -0.05) is 31.9 Å². The summed E-state index contributed by atoms with van der Waals surface area (Å²) in [7, 11) is 0. The van der Waals surface area contributed by atoms with Crippen molar-refractivity contribution >= 4 is 50.0 Å². The fourth-order valence-corrected chi connectivity index (χ4v) is 3.25. The average molecular weight is 576 g/mol. The molecule has 0 aliphatic carbocycles. The molecule has 7 nitrogen and oxygen atoms in total. The summed E-state index contributed by atoms with van der Waals surface area (Å²) in [6, 6.07) is 18.9. The van der Waals surface area contributed by atoms with Crippen LogP contribution < -0.4 is 19.6 Å². The first-order valence-electron chi connectivity index (χ1n) is 9.89. The van der Waals surface area contributed by atoms with Gasteiger partial charge in [0.15, 0.2) is 6.61 Å². The molecule has 1 N–H and O–H groups in total. The normalized spacial score (nSPS) is 10.6. The van der Waals surface area contributed by atoms with Crippen LogP contribution >= 0.6 is 31.9 Å². The Morgan fingerprint density at radius 2 is 1.55 bits per heavy atom. The molecule has 0 aliphatic rings. The molecule has 0 bridgehead atoms. The van der Waals surface area contributed by atoms with Crippen LogP contribution in [0.1, 0.15) is 22.8 Å². The molecular weight excluding hydrogens is 556 g/mol. The number of nitrogens with zero attached hydrogens (tertiary/aromatic N) is 1. The van der Waals surface area contributed by atoms with Crippen molar-refractivity contribution in [3.63, 3.8) is 0 Å². The lowest BCUT2D eigenvalue weighted by Gasteiger charge is -2.09.